The van der Waals surface area contributed by atoms with Crippen LogP contribution >= 0.6 is 11.3 Å². The molecule has 0 aliphatic rings. The summed E-state index contributed by atoms with van der Waals surface area (Å²) in [4.78, 5) is -0.366. The van der Waals surface area contributed by atoms with E-state index >= 15 is 0 Å². The van der Waals surface area contributed by atoms with E-state index in [9.17, 15) is 12.3 Å². The zero-order chi connectivity index (χ0) is 7.78. The lowest BCUT2D eigenvalue weighted by atomic mass is 10.6. The largest absolute Gasteiger partial charge is 0.391 e. The fraction of sp³-hybridized carbons (Fsp3) is 0. The van der Waals surface area contributed by atoms with Gasteiger partial charge in [0.2, 0.25) is 0 Å². The third-order valence-corrected chi connectivity index (χ3v) is 2.59. The van der Waals surface area contributed by atoms with E-state index in [2.05, 4.69) is 0 Å². The highest BCUT2D eigenvalue weighted by molar-refractivity contribution is 7.86. The number of anilines is 1. The van der Waals surface area contributed by atoms with Gasteiger partial charge in [-0.2, -0.15) is 8.42 Å². The summed E-state index contributed by atoms with van der Waals surface area (Å²) in [7, 11) is -4.55. The Labute approximate surface area is 61.5 Å². The van der Waals surface area contributed by atoms with E-state index in [0.717, 1.165) is 22.8 Å². The maximum atomic E-state index is 12.1. The van der Waals surface area contributed by atoms with Gasteiger partial charge in [-0.15, -0.1) is 15.2 Å². The van der Waals surface area contributed by atoms with Crippen molar-refractivity contribution >= 4 is 26.6 Å². The standard InChI is InChI=1S/C4H4FNO2S2/c5-10(7,8)3-1-4(6)9-2-3/h1-2H,6H2. The van der Waals surface area contributed by atoms with Gasteiger partial charge >= 0.3 is 10.2 Å². The Balaban J connectivity index is 3.21. The van der Waals surface area contributed by atoms with Gasteiger partial charge in [0.15, 0.2) is 0 Å². The number of nitrogen functional groups attached to an aromatic ring is 1. The van der Waals surface area contributed by atoms with Crippen LogP contribution in [0.2, 0.25) is 0 Å². The fourth-order valence-corrected chi connectivity index (χ4v) is 1.92. The fourth-order valence-electron chi connectivity index (χ4n) is 0.462. The monoisotopic (exact) mass is 181 g/mol. The highest BCUT2D eigenvalue weighted by atomic mass is 32.3. The second-order valence-electron chi connectivity index (χ2n) is 1.62. The molecule has 0 fully saturated rings. The van der Waals surface area contributed by atoms with Crippen molar-refractivity contribution in [2.45, 2.75) is 4.90 Å². The second-order valence-corrected chi connectivity index (χ2v) is 3.91. The summed E-state index contributed by atoms with van der Waals surface area (Å²) in [5.41, 5.74) is 5.16. The smallest absolute Gasteiger partial charge is 0.332 e. The average molecular weight is 181 g/mol. The van der Waals surface area contributed by atoms with Crippen LogP contribution in [-0.2, 0) is 10.2 Å². The molecule has 0 unspecified atom stereocenters. The van der Waals surface area contributed by atoms with Crippen molar-refractivity contribution < 1.29 is 12.3 Å². The van der Waals surface area contributed by atoms with Crippen molar-refractivity contribution in [1.82, 2.24) is 0 Å². The predicted molar refractivity (Wildman–Crippen MR) is 37.0 cm³/mol. The Morgan fingerprint density at radius 2 is 2.20 bits per heavy atom. The van der Waals surface area contributed by atoms with Gasteiger partial charge in [-0.3, -0.25) is 0 Å². The Hall–Kier alpha value is -0.620. The van der Waals surface area contributed by atoms with Crippen LogP contribution in [-0.4, -0.2) is 8.42 Å². The van der Waals surface area contributed by atoms with Crippen LogP contribution in [0.1, 0.15) is 0 Å². The summed E-state index contributed by atoms with van der Waals surface area (Å²) in [6.45, 7) is 0. The quantitative estimate of drug-likeness (QED) is 0.657. The maximum absolute atomic E-state index is 12.1. The molecular formula is C4H4FNO2S2. The number of rotatable bonds is 1. The summed E-state index contributed by atoms with van der Waals surface area (Å²) in [5.74, 6) is 0. The molecule has 6 heteroatoms. The van der Waals surface area contributed by atoms with Crippen LogP contribution in [0.3, 0.4) is 0 Å². The normalized spacial score (nSPS) is 11.7. The molecule has 0 aliphatic heterocycles. The summed E-state index contributed by atoms with van der Waals surface area (Å²) in [6, 6.07) is 1.08. The molecule has 0 saturated heterocycles. The number of hydrogen-bond donors (Lipinski definition) is 1. The first-order valence-corrected chi connectivity index (χ1v) is 4.55. The lowest BCUT2D eigenvalue weighted by Crippen LogP contribution is -1.87. The Bertz CT molecular complexity index is 329. The molecule has 1 aromatic rings. The second kappa shape index (κ2) is 2.21. The van der Waals surface area contributed by atoms with Gasteiger partial charge in [-0.25, -0.2) is 0 Å². The molecule has 2 N–H and O–H groups in total. The molecule has 1 heterocycles. The zero-order valence-electron chi connectivity index (χ0n) is 4.74. The van der Waals surface area contributed by atoms with E-state index in [-0.39, 0.29) is 9.90 Å². The van der Waals surface area contributed by atoms with Crippen molar-refractivity contribution in [3.63, 3.8) is 0 Å². The highest BCUT2D eigenvalue weighted by Gasteiger charge is 2.12. The van der Waals surface area contributed by atoms with Crippen LogP contribution in [0.25, 0.3) is 0 Å². The molecule has 56 valence electrons. The molecule has 0 saturated carbocycles. The van der Waals surface area contributed by atoms with Crippen molar-refractivity contribution in [3.8, 4) is 0 Å². The minimum absolute atomic E-state index is 0.288. The van der Waals surface area contributed by atoms with Crippen molar-refractivity contribution in [2.75, 3.05) is 5.73 Å². The van der Waals surface area contributed by atoms with E-state index in [4.69, 9.17) is 5.73 Å². The van der Waals surface area contributed by atoms with Crippen LogP contribution < -0.4 is 5.73 Å². The summed E-state index contributed by atoms with van der Waals surface area (Å²) in [6.07, 6.45) is 0. The summed E-state index contributed by atoms with van der Waals surface area (Å²) < 4.78 is 32.3. The molecule has 0 amide bonds. The Kier molecular flexibility index (Phi) is 1.65. The van der Waals surface area contributed by atoms with E-state index in [1.165, 1.54) is 0 Å². The number of thiophene rings is 1. The van der Waals surface area contributed by atoms with Crippen molar-refractivity contribution in [3.05, 3.63) is 11.4 Å². The molecular weight excluding hydrogens is 177 g/mol. The molecule has 0 atom stereocenters. The van der Waals surface area contributed by atoms with Gasteiger partial charge in [0.25, 0.3) is 0 Å². The molecule has 0 radical (unpaired) electrons. The van der Waals surface area contributed by atoms with Crippen LogP contribution in [0.15, 0.2) is 16.3 Å². The van der Waals surface area contributed by atoms with Gasteiger partial charge in [0.1, 0.15) is 4.90 Å². The van der Waals surface area contributed by atoms with Crippen LogP contribution in [0.5, 0.6) is 0 Å². The minimum Gasteiger partial charge on any atom is -0.391 e. The Morgan fingerprint density at radius 3 is 2.40 bits per heavy atom. The number of halogens is 1. The third-order valence-electron chi connectivity index (χ3n) is 0.877. The van der Waals surface area contributed by atoms with E-state index in [0.29, 0.717) is 0 Å². The van der Waals surface area contributed by atoms with Crippen LogP contribution in [0.4, 0.5) is 8.89 Å². The first kappa shape index (κ1) is 7.49. The predicted octanol–water partition coefficient (Wildman–Crippen LogP) is 0.989. The zero-order valence-corrected chi connectivity index (χ0v) is 6.38. The van der Waals surface area contributed by atoms with Gasteiger partial charge < -0.3 is 5.73 Å². The maximum Gasteiger partial charge on any atom is 0.332 e. The molecule has 0 aliphatic carbocycles. The first-order chi connectivity index (χ1) is 4.50. The third kappa shape index (κ3) is 1.45. The molecule has 1 aromatic heterocycles. The highest BCUT2D eigenvalue weighted by Crippen LogP contribution is 2.21. The number of hydrogen-bond acceptors (Lipinski definition) is 4. The van der Waals surface area contributed by atoms with E-state index in [1.807, 2.05) is 0 Å². The molecule has 3 nitrogen and oxygen atoms in total. The number of nitrogens with two attached hydrogens (primary N) is 1. The lowest BCUT2D eigenvalue weighted by molar-refractivity contribution is 0.552. The summed E-state index contributed by atoms with van der Waals surface area (Å²) >= 11 is 0.990. The Morgan fingerprint density at radius 1 is 1.60 bits per heavy atom. The minimum atomic E-state index is -4.55. The summed E-state index contributed by atoms with van der Waals surface area (Å²) in [5, 5.41) is 1.45. The molecule has 1 rings (SSSR count). The van der Waals surface area contributed by atoms with Gasteiger partial charge in [-0.05, 0) is 6.07 Å². The molecule has 0 bridgehead atoms. The van der Waals surface area contributed by atoms with Gasteiger partial charge in [0.05, 0.1) is 5.00 Å². The van der Waals surface area contributed by atoms with E-state index in [1.54, 1.807) is 0 Å². The van der Waals surface area contributed by atoms with Crippen LogP contribution in [0, 0.1) is 0 Å². The van der Waals surface area contributed by atoms with Crippen molar-refractivity contribution in [2.24, 2.45) is 0 Å². The lowest BCUT2D eigenvalue weighted by Gasteiger charge is -1.82. The topological polar surface area (TPSA) is 60.2 Å². The van der Waals surface area contributed by atoms with Gasteiger partial charge in [-0.1, -0.05) is 0 Å². The molecule has 0 spiro atoms. The molecule has 0 aromatic carbocycles. The van der Waals surface area contributed by atoms with Gasteiger partial charge in [0, 0.05) is 5.38 Å². The first-order valence-electron chi connectivity index (χ1n) is 2.29. The van der Waals surface area contributed by atoms with E-state index < -0.39 is 10.2 Å². The average Bonchev–Trinajstić information content (AvgIpc) is 2.11. The molecule has 10 heavy (non-hydrogen) atoms. The van der Waals surface area contributed by atoms with Crippen molar-refractivity contribution in [1.29, 1.82) is 0 Å². The SMILES string of the molecule is Nc1cc(S(=O)(=O)F)cs1.